The van der Waals surface area contributed by atoms with E-state index >= 15 is 0 Å². The number of nitrogens with one attached hydrogen (secondary N) is 1. The molecule has 116 valence electrons. The SMILES string of the molecule is O=C(NO)C(Cl)CCCCCN1CCc2ccccc2C1. The highest BCUT2D eigenvalue weighted by molar-refractivity contribution is 6.30. The average molecular weight is 311 g/mol. The zero-order chi connectivity index (χ0) is 15.1. The van der Waals surface area contributed by atoms with Crippen molar-refractivity contribution < 1.29 is 10.0 Å². The number of fused-ring (bicyclic) bond motifs is 1. The first kappa shape index (κ1) is 16.3. The zero-order valence-electron chi connectivity index (χ0n) is 12.2. The van der Waals surface area contributed by atoms with Crippen molar-refractivity contribution >= 4 is 17.5 Å². The summed E-state index contributed by atoms with van der Waals surface area (Å²) in [6.07, 6.45) is 4.83. The van der Waals surface area contributed by atoms with E-state index in [1.807, 2.05) is 0 Å². The fraction of sp³-hybridized carbons (Fsp3) is 0.562. The van der Waals surface area contributed by atoms with E-state index in [0.717, 1.165) is 45.3 Å². The Bertz CT molecular complexity index is 467. The highest BCUT2D eigenvalue weighted by Crippen LogP contribution is 2.19. The van der Waals surface area contributed by atoms with E-state index in [-0.39, 0.29) is 0 Å². The van der Waals surface area contributed by atoms with Crippen molar-refractivity contribution in [3.63, 3.8) is 0 Å². The molecule has 0 fully saturated rings. The summed E-state index contributed by atoms with van der Waals surface area (Å²) < 4.78 is 0. The van der Waals surface area contributed by atoms with Gasteiger partial charge >= 0.3 is 0 Å². The summed E-state index contributed by atoms with van der Waals surface area (Å²) in [5.41, 5.74) is 4.52. The number of carbonyl (C=O) groups is 1. The van der Waals surface area contributed by atoms with Gasteiger partial charge in [0, 0.05) is 13.1 Å². The Morgan fingerprint density at radius 2 is 2.05 bits per heavy atom. The molecule has 1 amide bonds. The van der Waals surface area contributed by atoms with Gasteiger partial charge in [-0.15, -0.1) is 11.6 Å². The number of benzene rings is 1. The van der Waals surface area contributed by atoms with Crippen molar-refractivity contribution in [2.75, 3.05) is 13.1 Å². The summed E-state index contributed by atoms with van der Waals surface area (Å²) in [4.78, 5) is 13.5. The molecule has 1 aliphatic heterocycles. The fourth-order valence-corrected chi connectivity index (χ4v) is 2.98. The predicted molar refractivity (Wildman–Crippen MR) is 83.5 cm³/mol. The van der Waals surface area contributed by atoms with Crippen LogP contribution in [0.3, 0.4) is 0 Å². The van der Waals surface area contributed by atoms with Crippen LogP contribution in [0.5, 0.6) is 0 Å². The number of nitrogens with zero attached hydrogens (tertiary/aromatic N) is 1. The molecular weight excluding hydrogens is 288 g/mol. The van der Waals surface area contributed by atoms with Crippen molar-refractivity contribution in [2.45, 2.75) is 44.0 Å². The standard InChI is InChI=1S/C16H23ClN2O2/c17-15(16(20)18-21)8-2-1-5-10-19-11-9-13-6-3-4-7-14(13)12-19/h3-4,6-7,15,21H,1-2,5,8-12H2,(H,18,20). The lowest BCUT2D eigenvalue weighted by Gasteiger charge is -2.28. The molecule has 0 spiro atoms. The second-order valence-corrected chi connectivity index (χ2v) is 6.11. The lowest BCUT2D eigenvalue weighted by Crippen LogP contribution is -2.31. The van der Waals surface area contributed by atoms with Crippen LogP contribution < -0.4 is 5.48 Å². The van der Waals surface area contributed by atoms with E-state index in [4.69, 9.17) is 16.8 Å². The predicted octanol–water partition coefficient (Wildman–Crippen LogP) is 2.72. The molecule has 2 rings (SSSR count). The van der Waals surface area contributed by atoms with Crippen molar-refractivity contribution in [2.24, 2.45) is 0 Å². The van der Waals surface area contributed by atoms with Crippen molar-refractivity contribution in [1.82, 2.24) is 10.4 Å². The van der Waals surface area contributed by atoms with Crippen LogP contribution in [0, 0.1) is 0 Å². The van der Waals surface area contributed by atoms with Gasteiger partial charge in [-0.2, -0.15) is 0 Å². The molecule has 0 radical (unpaired) electrons. The number of hydroxylamine groups is 1. The first-order valence-electron chi connectivity index (χ1n) is 7.58. The molecule has 1 unspecified atom stereocenters. The van der Waals surface area contributed by atoms with E-state index in [2.05, 4.69) is 29.2 Å². The average Bonchev–Trinajstić information content (AvgIpc) is 2.53. The van der Waals surface area contributed by atoms with E-state index in [0.29, 0.717) is 6.42 Å². The Morgan fingerprint density at radius 3 is 2.81 bits per heavy atom. The highest BCUT2D eigenvalue weighted by atomic mass is 35.5. The summed E-state index contributed by atoms with van der Waals surface area (Å²) in [6, 6.07) is 8.65. The van der Waals surface area contributed by atoms with Crippen molar-refractivity contribution in [3.05, 3.63) is 35.4 Å². The summed E-state index contributed by atoms with van der Waals surface area (Å²) in [5.74, 6) is -0.510. The van der Waals surface area contributed by atoms with E-state index < -0.39 is 11.3 Å². The number of alkyl halides is 1. The smallest absolute Gasteiger partial charge is 0.261 e. The molecule has 1 atom stereocenters. The van der Waals surface area contributed by atoms with E-state index in [1.165, 1.54) is 11.1 Å². The zero-order valence-corrected chi connectivity index (χ0v) is 13.0. The minimum atomic E-state index is -0.628. The molecule has 0 aromatic heterocycles. The third-order valence-corrected chi connectivity index (χ3v) is 4.45. The third kappa shape index (κ3) is 4.99. The van der Waals surface area contributed by atoms with Gasteiger partial charge in [0.25, 0.3) is 5.91 Å². The van der Waals surface area contributed by atoms with Crippen LogP contribution in [0.15, 0.2) is 24.3 Å². The maximum atomic E-state index is 11.0. The van der Waals surface area contributed by atoms with Gasteiger partial charge in [-0.1, -0.05) is 37.1 Å². The second-order valence-electron chi connectivity index (χ2n) is 5.59. The number of unbranched alkanes of at least 4 members (excludes halogenated alkanes) is 2. The monoisotopic (exact) mass is 310 g/mol. The molecule has 5 heteroatoms. The molecule has 1 heterocycles. The molecule has 0 aliphatic carbocycles. The van der Waals surface area contributed by atoms with Crippen LogP contribution in [0.4, 0.5) is 0 Å². The maximum Gasteiger partial charge on any atom is 0.261 e. The van der Waals surface area contributed by atoms with Crippen LogP contribution in [-0.2, 0) is 17.8 Å². The molecule has 1 aliphatic rings. The van der Waals surface area contributed by atoms with Crippen LogP contribution in [0.25, 0.3) is 0 Å². The lowest BCUT2D eigenvalue weighted by molar-refractivity contribution is -0.128. The summed E-state index contributed by atoms with van der Waals surface area (Å²) in [5, 5.41) is 7.84. The van der Waals surface area contributed by atoms with Gasteiger partial charge in [-0.25, -0.2) is 5.48 Å². The Labute approximate surface area is 131 Å². The normalized spacial score (nSPS) is 16.3. The van der Waals surface area contributed by atoms with Crippen LogP contribution >= 0.6 is 11.6 Å². The number of carbonyl (C=O) groups excluding carboxylic acids is 1. The van der Waals surface area contributed by atoms with Gasteiger partial charge in [0.15, 0.2) is 0 Å². The van der Waals surface area contributed by atoms with Gasteiger partial charge < -0.3 is 0 Å². The number of amides is 1. The van der Waals surface area contributed by atoms with Crippen LogP contribution in [-0.4, -0.2) is 34.5 Å². The van der Waals surface area contributed by atoms with Crippen molar-refractivity contribution in [1.29, 1.82) is 0 Å². The van der Waals surface area contributed by atoms with Gasteiger partial charge in [-0.05, 0) is 36.9 Å². The number of hydrogen-bond donors (Lipinski definition) is 2. The molecule has 4 nitrogen and oxygen atoms in total. The van der Waals surface area contributed by atoms with Crippen molar-refractivity contribution in [3.8, 4) is 0 Å². The first-order chi connectivity index (χ1) is 10.2. The minimum absolute atomic E-state index is 0.510. The molecule has 0 saturated carbocycles. The maximum absolute atomic E-state index is 11.0. The number of hydrogen-bond acceptors (Lipinski definition) is 3. The van der Waals surface area contributed by atoms with Gasteiger partial charge in [0.2, 0.25) is 0 Å². The lowest BCUT2D eigenvalue weighted by atomic mass is 9.99. The minimum Gasteiger partial charge on any atom is -0.299 e. The summed E-state index contributed by atoms with van der Waals surface area (Å²) in [7, 11) is 0. The Morgan fingerprint density at radius 1 is 1.29 bits per heavy atom. The quantitative estimate of drug-likeness (QED) is 0.352. The first-order valence-corrected chi connectivity index (χ1v) is 8.01. The third-order valence-electron chi connectivity index (χ3n) is 4.04. The molecule has 21 heavy (non-hydrogen) atoms. The molecule has 1 aromatic carbocycles. The Balaban J connectivity index is 1.61. The van der Waals surface area contributed by atoms with E-state index in [9.17, 15) is 4.79 Å². The van der Waals surface area contributed by atoms with E-state index in [1.54, 1.807) is 5.48 Å². The van der Waals surface area contributed by atoms with Gasteiger partial charge in [-0.3, -0.25) is 14.9 Å². The van der Waals surface area contributed by atoms with Crippen LogP contribution in [0.1, 0.15) is 36.8 Å². The second kappa shape index (κ2) is 8.37. The number of halogens is 1. The van der Waals surface area contributed by atoms with Gasteiger partial charge in [0.1, 0.15) is 5.38 Å². The summed E-state index contributed by atoms with van der Waals surface area (Å²) >= 11 is 5.83. The Hall–Kier alpha value is -1.10. The summed E-state index contributed by atoms with van der Waals surface area (Å²) in [6.45, 7) is 3.26. The molecule has 0 bridgehead atoms. The topological polar surface area (TPSA) is 52.6 Å². The molecule has 1 aromatic rings. The molecular formula is C16H23ClN2O2. The largest absolute Gasteiger partial charge is 0.299 e. The molecule has 0 saturated heterocycles. The number of rotatable bonds is 7. The highest BCUT2D eigenvalue weighted by Gasteiger charge is 2.16. The molecule has 2 N–H and O–H groups in total. The van der Waals surface area contributed by atoms with Crippen LogP contribution in [0.2, 0.25) is 0 Å². The Kier molecular flexibility index (Phi) is 6.49. The van der Waals surface area contributed by atoms with Gasteiger partial charge in [0.05, 0.1) is 0 Å². The fourth-order valence-electron chi connectivity index (χ4n) is 2.78.